The minimum absolute atomic E-state index is 0.0729. The minimum atomic E-state index is -4.27. The lowest BCUT2D eigenvalue weighted by Crippen LogP contribution is -2.48. The number of rotatable bonds is 4. The number of hydrogen-bond acceptors (Lipinski definition) is 2. The SMILES string of the molecule is C[C@@H](Oc1ccc(-c2ccccc2)cc1)C(=O)N1CCC[C@@H](C(F)(F)F)C1. The Balaban J connectivity index is 1.61. The number of amides is 1. The summed E-state index contributed by atoms with van der Waals surface area (Å²) < 4.78 is 44.5. The topological polar surface area (TPSA) is 29.5 Å². The number of likely N-dealkylation sites (tertiary alicyclic amines) is 1. The molecule has 6 heteroatoms. The highest BCUT2D eigenvalue weighted by molar-refractivity contribution is 5.81. The Labute approximate surface area is 156 Å². The van der Waals surface area contributed by atoms with E-state index in [1.807, 2.05) is 42.5 Å². The van der Waals surface area contributed by atoms with Crippen molar-refractivity contribution in [2.24, 2.45) is 5.92 Å². The van der Waals surface area contributed by atoms with Gasteiger partial charge in [-0.2, -0.15) is 13.2 Å². The molecule has 27 heavy (non-hydrogen) atoms. The van der Waals surface area contributed by atoms with Crippen molar-refractivity contribution in [2.45, 2.75) is 32.0 Å². The van der Waals surface area contributed by atoms with Crippen molar-refractivity contribution < 1.29 is 22.7 Å². The Morgan fingerprint density at radius 2 is 1.70 bits per heavy atom. The molecule has 0 unspecified atom stereocenters. The Bertz CT molecular complexity index is 759. The Morgan fingerprint density at radius 3 is 2.33 bits per heavy atom. The first kappa shape index (κ1) is 19.3. The number of benzene rings is 2. The van der Waals surface area contributed by atoms with Gasteiger partial charge in [-0.15, -0.1) is 0 Å². The van der Waals surface area contributed by atoms with Crippen molar-refractivity contribution >= 4 is 5.91 Å². The third kappa shape index (κ3) is 4.81. The highest BCUT2D eigenvalue weighted by Crippen LogP contribution is 2.33. The zero-order valence-electron chi connectivity index (χ0n) is 15.1. The first-order valence-electron chi connectivity index (χ1n) is 9.02. The molecule has 3 nitrogen and oxygen atoms in total. The van der Waals surface area contributed by atoms with E-state index in [2.05, 4.69) is 0 Å². The van der Waals surface area contributed by atoms with E-state index in [4.69, 9.17) is 4.74 Å². The number of hydrogen-bond donors (Lipinski definition) is 0. The number of ether oxygens (including phenoxy) is 1. The summed E-state index contributed by atoms with van der Waals surface area (Å²) in [5, 5.41) is 0. The summed E-state index contributed by atoms with van der Waals surface area (Å²) in [5.74, 6) is -1.34. The molecule has 2 aromatic carbocycles. The molecule has 1 fully saturated rings. The van der Waals surface area contributed by atoms with Gasteiger partial charge >= 0.3 is 6.18 Å². The molecule has 0 saturated carbocycles. The summed E-state index contributed by atoms with van der Waals surface area (Å²) in [6.45, 7) is 1.62. The molecular weight excluding hydrogens is 355 g/mol. The lowest BCUT2D eigenvalue weighted by Gasteiger charge is -2.35. The molecule has 0 N–H and O–H groups in total. The van der Waals surface area contributed by atoms with Crippen LogP contribution in [0, 0.1) is 5.92 Å². The van der Waals surface area contributed by atoms with Crippen molar-refractivity contribution in [3.63, 3.8) is 0 Å². The smallest absolute Gasteiger partial charge is 0.393 e. The number of alkyl halides is 3. The van der Waals surface area contributed by atoms with Gasteiger partial charge in [-0.3, -0.25) is 4.79 Å². The molecule has 0 radical (unpaired) electrons. The van der Waals surface area contributed by atoms with E-state index in [9.17, 15) is 18.0 Å². The molecule has 2 aromatic rings. The third-order valence-electron chi connectivity index (χ3n) is 4.82. The van der Waals surface area contributed by atoms with Crippen LogP contribution in [-0.2, 0) is 4.79 Å². The number of piperidine rings is 1. The van der Waals surface area contributed by atoms with Gasteiger partial charge in [-0.1, -0.05) is 42.5 Å². The van der Waals surface area contributed by atoms with Crippen LogP contribution in [0.25, 0.3) is 11.1 Å². The molecule has 0 aliphatic carbocycles. The fraction of sp³-hybridized carbons (Fsp3) is 0.381. The maximum absolute atomic E-state index is 12.9. The number of halogens is 3. The minimum Gasteiger partial charge on any atom is -0.481 e. The Kier molecular flexibility index (Phi) is 5.73. The third-order valence-corrected chi connectivity index (χ3v) is 4.82. The summed E-state index contributed by atoms with van der Waals surface area (Å²) in [7, 11) is 0. The van der Waals surface area contributed by atoms with E-state index in [1.165, 1.54) is 4.90 Å². The number of carbonyl (C=O) groups is 1. The normalized spacial score (nSPS) is 18.8. The van der Waals surface area contributed by atoms with Crippen molar-refractivity contribution in [1.82, 2.24) is 4.90 Å². The fourth-order valence-electron chi connectivity index (χ4n) is 3.31. The molecule has 1 amide bonds. The van der Waals surface area contributed by atoms with Crippen molar-refractivity contribution in [1.29, 1.82) is 0 Å². The predicted molar refractivity (Wildman–Crippen MR) is 97.3 cm³/mol. The molecule has 1 aliphatic rings. The summed E-state index contributed by atoms with van der Waals surface area (Å²) in [5.41, 5.74) is 2.09. The average Bonchev–Trinajstić information content (AvgIpc) is 2.68. The van der Waals surface area contributed by atoms with E-state index < -0.39 is 24.1 Å². The van der Waals surface area contributed by atoms with E-state index >= 15 is 0 Å². The molecule has 1 saturated heterocycles. The molecule has 0 bridgehead atoms. The van der Waals surface area contributed by atoms with Gasteiger partial charge in [0.05, 0.1) is 5.92 Å². The number of carbonyl (C=O) groups excluding carboxylic acids is 1. The number of nitrogens with zero attached hydrogens (tertiary/aromatic N) is 1. The van der Waals surface area contributed by atoms with Gasteiger partial charge in [-0.05, 0) is 43.0 Å². The summed E-state index contributed by atoms with van der Waals surface area (Å²) in [6, 6.07) is 17.1. The van der Waals surface area contributed by atoms with E-state index in [1.54, 1.807) is 19.1 Å². The standard InChI is InChI=1S/C21H22F3NO2/c1-15(20(26)25-13-5-8-18(14-25)21(22,23)24)27-19-11-9-17(10-12-19)16-6-3-2-4-7-16/h2-4,6-7,9-12,15,18H,5,8,13-14H2,1H3/t15-,18-/m1/s1. The monoisotopic (exact) mass is 377 g/mol. The van der Waals surface area contributed by atoms with Gasteiger partial charge in [0.15, 0.2) is 6.10 Å². The summed E-state index contributed by atoms with van der Waals surface area (Å²) in [4.78, 5) is 13.8. The van der Waals surface area contributed by atoms with E-state index in [0.29, 0.717) is 18.7 Å². The summed E-state index contributed by atoms with van der Waals surface area (Å²) in [6.07, 6.45) is -4.67. The van der Waals surface area contributed by atoms with E-state index in [-0.39, 0.29) is 13.0 Å². The highest BCUT2D eigenvalue weighted by Gasteiger charge is 2.43. The van der Waals surface area contributed by atoms with Crippen LogP contribution < -0.4 is 4.74 Å². The predicted octanol–water partition coefficient (Wildman–Crippen LogP) is 4.92. The van der Waals surface area contributed by atoms with Crippen LogP contribution in [0.3, 0.4) is 0 Å². The molecule has 2 atom stereocenters. The van der Waals surface area contributed by atoms with Crippen LogP contribution in [0.1, 0.15) is 19.8 Å². The average molecular weight is 377 g/mol. The Hall–Kier alpha value is -2.50. The Morgan fingerprint density at radius 1 is 1.07 bits per heavy atom. The second-order valence-corrected chi connectivity index (χ2v) is 6.82. The van der Waals surface area contributed by atoms with Crippen molar-refractivity contribution in [3.8, 4) is 16.9 Å². The second-order valence-electron chi connectivity index (χ2n) is 6.82. The fourth-order valence-corrected chi connectivity index (χ4v) is 3.31. The molecule has 144 valence electrons. The molecule has 3 rings (SSSR count). The molecule has 0 spiro atoms. The van der Waals surface area contributed by atoms with Crippen LogP contribution in [0.4, 0.5) is 13.2 Å². The molecule has 0 aromatic heterocycles. The highest BCUT2D eigenvalue weighted by atomic mass is 19.4. The van der Waals surface area contributed by atoms with Crippen LogP contribution in [0.15, 0.2) is 54.6 Å². The van der Waals surface area contributed by atoms with Gasteiger partial charge in [0.1, 0.15) is 5.75 Å². The van der Waals surface area contributed by atoms with Crippen LogP contribution in [0.5, 0.6) is 5.75 Å². The van der Waals surface area contributed by atoms with Gasteiger partial charge in [0.2, 0.25) is 0 Å². The maximum Gasteiger partial charge on any atom is 0.393 e. The zero-order valence-corrected chi connectivity index (χ0v) is 15.1. The van der Waals surface area contributed by atoms with Crippen molar-refractivity contribution in [3.05, 3.63) is 54.6 Å². The summed E-state index contributed by atoms with van der Waals surface area (Å²) >= 11 is 0. The van der Waals surface area contributed by atoms with Gasteiger partial charge in [0.25, 0.3) is 5.91 Å². The molecule has 1 heterocycles. The van der Waals surface area contributed by atoms with Crippen LogP contribution in [-0.4, -0.2) is 36.2 Å². The van der Waals surface area contributed by atoms with Gasteiger partial charge in [-0.25, -0.2) is 0 Å². The van der Waals surface area contributed by atoms with E-state index in [0.717, 1.165) is 11.1 Å². The van der Waals surface area contributed by atoms with Crippen molar-refractivity contribution in [2.75, 3.05) is 13.1 Å². The zero-order chi connectivity index (χ0) is 19.4. The van der Waals surface area contributed by atoms with Crippen LogP contribution >= 0.6 is 0 Å². The lowest BCUT2D eigenvalue weighted by atomic mass is 9.97. The van der Waals surface area contributed by atoms with Gasteiger partial charge < -0.3 is 9.64 Å². The van der Waals surface area contributed by atoms with Crippen LogP contribution in [0.2, 0.25) is 0 Å². The second kappa shape index (κ2) is 8.03. The first-order valence-corrected chi connectivity index (χ1v) is 9.02. The largest absolute Gasteiger partial charge is 0.481 e. The maximum atomic E-state index is 12.9. The quantitative estimate of drug-likeness (QED) is 0.757. The lowest BCUT2D eigenvalue weighted by molar-refractivity contribution is -0.189. The first-order chi connectivity index (χ1) is 12.8. The van der Waals surface area contributed by atoms with Gasteiger partial charge in [0, 0.05) is 13.1 Å². The molecular formula is C21H22F3NO2. The molecule has 1 aliphatic heterocycles.